The van der Waals surface area contributed by atoms with Crippen molar-refractivity contribution in [2.75, 3.05) is 20.1 Å². The zero-order valence-electron chi connectivity index (χ0n) is 17.2. The normalized spacial score (nSPS) is 14.5. The van der Waals surface area contributed by atoms with E-state index in [9.17, 15) is 4.79 Å². The first-order valence-electron chi connectivity index (χ1n) is 10.2. The van der Waals surface area contributed by atoms with E-state index in [-0.39, 0.29) is 12.2 Å². The number of aromatic nitrogens is 4. The largest absolute Gasteiger partial charge is 0.442 e. The quantitative estimate of drug-likeness (QED) is 0.462. The second kappa shape index (κ2) is 8.20. The van der Waals surface area contributed by atoms with Gasteiger partial charge in [-0.15, -0.1) is 0 Å². The predicted molar refractivity (Wildman–Crippen MR) is 117 cm³/mol. The van der Waals surface area contributed by atoms with E-state index >= 15 is 0 Å². The van der Waals surface area contributed by atoms with Gasteiger partial charge < -0.3 is 9.32 Å². The fraction of sp³-hybridized carbons (Fsp3) is 0.208. The molecule has 1 aliphatic heterocycles. The highest BCUT2D eigenvalue weighted by Crippen LogP contribution is 2.23. The standard InChI is InChI=1S/C24H21N5O2/c1-29-8-5-16(6-9-29)21-10-17(4-7-26-21)23(30)12-19-11-22-18(13-27-19)2-3-20(28-22)24-14-25-15-31-24/h2-5,7,10-11,13-15H,6,8-9,12H2,1H3. The molecule has 0 fully saturated rings. The van der Waals surface area contributed by atoms with Crippen LogP contribution in [0.3, 0.4) is 0 Å². The SMILES string of the molecule is CN1CC=C(c2cc(C(=O)Cc3cc4nc(-c5cnco5)ccc4cn3)ccn2)CC1. The van der Waals surface area contributed by atoms with Gasteiger partial charge in [-0.2, -0.15) is 0 Å². The highest BCUT2D eigenvalue weighted by Gasteiger charge is 2.14. The molecule has 7 heteroatoms. The lowest BCUT2D eigenvalue weighted by atomic mass is 10.0. The molecule has 0 atom stereocenters. The number of likely N-dealkylation sites (N-methyl/N-ethyl adjacent to an activating group) is 1. The second-order valence-electron chi connectivity index (χ2n) is 7.70. The van der Waals surface area contributed by atoms with Gasteiger partial charge in [0.1, 0.15) is 5.69 Å². The molecule has 0 spiro atoms. The number of oxazole rings is 1. The molecule has 7 nitrogen and oxygen atoms in total. The van der Waals surface area contributed by atoms with Gasteiger partial charge in [0.05, 0.1) is 29.5 Å². The van der Waals surface area contributed by atoms with Gasteiger partial charge in [-0.1, -0.05) is 6.08 Å². The molecule has 0 unspecified atom stereocenters. The van der Waals surface area contributed by atoms with Crippen LogP contribution in [0.5, 0.6) is 0 Å². The number of pyridine rings is 3. The smallest absolute Gasteiger partial charge is 0.181 e. The van der Waals surface area contributed by atoms with Crippen molar-refractivity contribution < 1.29 is 9.21 Å². The summed E-state index contributed by atoms with van der Waals surface area (Å²) in [5, 5.41) is 0.903. The van der Waals surface area contributed by atoms with Gasteiger partial charge in [-0.05, 0) is 49.4 Å². The van der Waals surface area contributed by atoms with Gasteiger partial charge in [0.15, 0.2) is 17.9 Å². The molecule has 0 N–H and O–H groups in total. The van der Waals surface area contributed by atoms with Gasteiger partial charge in [0.25, 0.3) is 0 Å². The van der Waals surface area contributed by atoms with Gasteiger partial charge in [0.2, 0.25) is 0 Å². The summed E-state index contributed by atoms with van der Waals surface area (Å²) < 4.78 is 5.33. The number of ketones is 1. The molecular weight excluding hydrogens is 390 g/mol. The van der Waals surface area contributed by atoms with Gasteiger partial charge in [-0.3, -0.25) is 14.8 Å². The van der Waals surface area contributed by atoms with E-state index in [0.717, 1.165) is 36.1 Å². The Bertz CT molecular complexity index is 1280. The summed E-state index contributed by atoms with van der Waals surface area (Å²) in [5.41, 5.74) is 4.86. The number of rotatable bonds is 5. The molecule has 0 aromatic carbocycles. The molecule has 0 saturated carbocycles. The fourth-order valence-corrected chi connectivity index (χ4v) is 3.68. The van der Waals surface area contributed by atoms with E-state index in [1.165, 1.54) is 12.0 Å². The summed E-state index contributed by atoms with van der Waals surface area (Å²) in [4.78, 5) is 32.7. The Kier molecular flexibility index (Phi) is 5.09. The first kappa shape index (κ1) is 19.3. The van der Waals surface area contributed by atoms with Crippen molar-refractivity contribution in [2.45, 2.75) is 12.8 Å². The molecule has 4 aromatic rings. The van der Waals surface area contributed by atoms with Crippen molar-refractivity contribution in [2.24, 2.45) is 0 Å². The molecule has 1 aliphatic rings. The van der Waals surface area contributed by atoms with Crippen molar-refractivity contribution in [3.05, 3.63) is 78.3 Å². The van der Waals surface area contributed by atoms with Crippen LogP contribution in [-0.2, 0) is 6.42 Å². The minimum absolute atomic E-state index is 0.00965. The number of nitrogens with zero attached hydrogens (tertiary/aromatic N) is 5. The lowest BCUT2D eigenvalue weighted by Gasteiger charge is -2.21. The van der Waals surface area contributed by atoms with E-state index in [4.69, 9.17) is 4.42 Å². The molecule has 31 heavy (non-hydrogen) atoms. The van der Waals surface area contributed by atoms with Crippen LogP contribution in [0.15, 0.2) is 65.8 Å². The van der Waals surface area contributed by atoms with Crippen LogP contribution in [0.25, 0.3) is 27.9 Å². The van der Waals surface area contributed by atoms with Crippen molar-refractivity contribution >= 4 is 22.3 Å². The average molecular weight is 411 g/mol. The molecular formula is C24H21N5O2. The van der Waals surface area contributed by atoms with Crippen molar-refractivity contribution in [3.8, 4) is 11.5 Å². The number of hydrogen-bond donors (Lipinski definition) is 0. The maximum absolute atomic E-state index is 13.0. The van der Waals surface area contributed by atoms with Crippen LogP contribution >= 0.6 is 0 Å². The minimum atomic E-state index is 0.00965. The maximum Gasteiger partial charge on any atom is 0.181 e. The van der Waals surface area contributed by atoms with Crippen LogP contribution in [0.2, 0.25) is 0 Å². The Morgan fingerprint density at radius 1 is 1.13 bits per heavy atom. The van der Waals surface area contributed by atoms with Crippen molar-refractivity contribution in [3.63, 3.8) is 0 Å². The monoisotopic (exact) mass is 411 g/mol. The topological polar surface area (TPSA) is 85.0 Å². The molecule has 0 amide bonds. The summed E-state index contributed by atoms with van der Waals surface area (Å²) in [6, 6.07) is 9.31. The van der Waals surface area contributed by atoms with Gasteiger partial charge in [0, 0.05) is 36.4 Å². The van der Waals surface area contributed by atoms with E-state index in [1.54, 1.807) is 24.7 Å². The summed E-state index contributed by atoms with van der Waals surface area (Å²) >= 11 is 0. The third kappa shape index (κ3) is 4.13. The molecule has 0 bridgehead atoms. The predicted octanol–water partition coefficient (Wildman–Crippen LogP) is 3.82. The molecule has 0 saturated heterocycles. The van der Waals surface area contributed by atoms with E-state index < -0.39 is 0 Å². The van der Waals surface area contributed by atoms with Crippen LogP contribution in [0, 0.1) is 0 Å². The first-order chi connectivity index (χ1) is 15.2. The maximum atomic E-state index is 13.0. The zero-order chi connectivity index (χ0) is 21.2. The fourth-order valence-electron chi connectivity index (χ4n) is 3.68. The Morgan fingerprint density at radius 2 is 2.06 bits per heavy atom. The van der Waals surface area contributed by atoms with Crippen LogP contribution < -0.4 is 0 Å². The molecule has 0 radical (unpaired) electrons. The molecule has 154 valence electrons. The van der Waals surface area contributed by atoms with E-state index in [2.05, 4.69) is 38.0 Å². The average Bonchev–Trinajstić information content (AvgIpc) is 3.34. The number of carbonyl (C=O) groups is 1. The number of carbonyl (C=O) groups excluding carboxylic acids is 1. The Balaban J connectivity index is 1.38. The zero-order valence-corrected chi connectivity index (χ0v) is 17.2. The van der Waals surface area contributed by atoms with Crippen LogP contribution in [0.4, 0.5) is 0 Å². The summed E-state index contributed by atoms with van der Waals surface area (Å²) in [6.45, 7) is 1.90. The number of Topliss-reactive ketones (excluding diaryl/α,β-unsaturated/α-hetero) is 1. The van der Waals surface area contributed by atoms with Gasteiger partial charge >= 0.3 is 0 Å². The van der Waals surface area contributed by atoms with Crippen LogP contribution in [-0.4, -0.2) is 50.8 Å². The highest BCUT2D eigenvalue weighted by atomic mass is 16.3. The second-order valence-corrected chi connectivity index (χ2v) is 7.70. The summed E-state index contributed by atoms with van der Waals surface area (Å²) in [5.74, 6) is 0.610. The number of fused-ring (bicyclic) bond motifs is 1. The minimum Gasteiger partial charge on any atom is -0.442 e. The summed E-state index contributed by atoms with van der Waals surface area (Å²) in [7, 11) is 2.10. The van der Waals surface area contributed by atoms with Crippen molar-refractivity contribution in [1.29, 1.82) is 0 Å². The van der Waals surface area contributed by atoms with E-state index in [1.807, 2.05) is 24.3 Å². The van der Waals surface area contributed by atoms with Crippen LogP contribution in [0.1, 0.15) is 28.2 Å². The Hall–Kier alpha value is -3.71. The third-order valence-electron chi connectivity index (χ3n) is 5.48. The Morgan fingerprint density at radius 3 is 2.87 bits per heavy atom. The molecule has 5 rings (SSSR count). The number of hydrogen-bond acceptors (Lipinski definition) is 7. The Labute approximate surface area is 179 Å². The lowest BCUT2D eigenvalue weighted by molar-refractivity contribution is 0.0992. The summed E-state index contributed by atoms with van der Waals surface area (Å²) in [6.07, 6.45) is 9.78. The first-order valence-corrected chi connectivity index (χ1v) is 10.2. The molecule has 0 aliphatic carbocycles. The highest BCUT2D eigenvalue weighted by molar-refractivity contribution is 5.98. The van der Waals surface area contributed by atoms with Crippen molar-refractivity contribution in [1.82, 2.24) is 24.8 Å². The van der Waals surface area contributed by atoms with Gasteiger partial charge in [-0.25, -0.2) is 9.97 Å². The lowest BCUT2D eigenvalue weighted by Crippen LogP contribution is -2.23. The molecule has 5 heterocycles. The van der Waals surface area contributed by atoms with E-state index in [0.29, 0.717) is 22.7 Å². The molecule has 4 aromatic heterocycles. The third-order valence-corrected chi connectivity index (χ3v) is 5.48.